The zero-order valence-corrected chi connectivity index (χ0v) is 16.1. The van der Waals surface area contributed by atoms with Crippen molar-refractivity contribution in [2.75, 3.05) is 13.1 Å². The van der Waals surface area contributed by atoms with Gasteiger partial charge in [0.2, 0.25) is 5.91 Å². The van der Waals surface area contributed by atoms with Crippen molar-refractivity contribution < 1.29 is 24.4 Å². The summed E-state index contributed by atoms with van der Waals surface area (Å²) in [5.41, 5.74) is 0.546. The first-order valence-corrected chi connectivity index (χ1v) is 9.14. The normalized spacial score (nSPS) is 17.8. The molecule has 0 aromatic heterocycles. The average Bonchev–Trinajstić information content (AvgIpc) is 2.98. The zero-order valence-electron chi connectivity index (χ0n) is 16.1. The number of carbonyl (C=O) groups excluding carboxylic acids is 3. The van der Waals surface area contributed by atoms with E-state index in [1.807, 2.05) is 0 Å². The smallest absolute Gasteiger partial charge is 0.295 e. The van der Waals surface area contributed by atoms with Gasteiger partial charge in [-0.05, 0) is 17.7 Å². The van der Waals surface area contributed by atoms with E-state index in [1.54, 1.807) is 30.3 Å². The monoisotopic (exact) mass is 409 g/mol. The van der Waals surface area contributed by atoms with E-state index in [2.05, 4.69) is 5.32 Å². The van der Waals surface area contributed by atoms with E-state index in [1.165, 1.54) is 36.1 Å². The highest BCUT2D eigenvalue weighted by molar-refractivity contribution is 6.46. The Morgan fingerprint density at radius 3 is 2.33 bits per heavy atom. The SMILES string of the molecule is CC(=O)NCCN1C(=O)C(=O)/C(=C(\O)c2ccccc2)C1c1ccc([N+](=O)[O-])cc1. The van der Waals surface area contributed by atoms with Crippen LogP contribution in [0.2, 0.25) is 0 Å². The molecule has 1 aliphatic rings. The second kappa shape index (κ2) is 8.56. The van der Waals surface area contributed by atoms with Gasteiger partial charge in [0.15, 0.2) is 0 Å². The van der Waals surface area contributed by atoms with Crippen LogP contribution >= 0.6 is 0 Å². The van der Waals surface area contributed by atoms with Gasteiger partial charge in [0.1, 0.15) is 5.76 Å². The van der Waals surface area contributed by atoms with Gasteiger partial charge in [0.05, 0.1) is 16.5 Å². The molecule has 2 aromatic rings. The Morgan fingerprint density at radius 1 is 1.13 bits per heavy atom. The number of amides is 2. The molecule has 1 unspecified atom stereocenters. The Labute approximate surface area is 171 Å². The molecule has 0 aliphatic carbocycles. The first kappa shape index (κ1) is 20.7. The van der Waals surface area contributed by atoms with Gasteiger partial charge in [-0.15, -0.1) is 0 Å². The fourth-order valence-corrected chi connectivity index (χ4v) is 3.34. The number of nitrogens with one attached hydrogen (secondary N) is 1. The van der Waals surface area contributed by atoms with Gasteiger partial charge in [-0.1, -0.05) is 30.3 Å². The summed E-state index contributed by atoms with van der Waals surface area (Å²) in [6, 6.07) is 12.8. The van der Waals surface area contributed by atoms with Crippen molar-refractivity contribution in [2.45, 2.75) is 13.0 Å². The van der Waals surface area contributed by atoms with Gasteiger partial charge < -0.3 is 15.3 Å². The molecule has 0 spiro atoms. The first-order valence-electron chi connectivity index (χ1n) is 9.14. The van der Waals surface area contributed by atoms with E-state index in [0.717, 1.165) is 0 Å². The molecule has 154 valence electrons. The van der Waals surface area contributed by atoms with Crippen LogP contribution in [0.25, 0.3) is 5.76 Å². The lowest BCUT2D eigenvalue weighted by molar-refractivity contribution is -0.384. The fraction of sp³-hybridized carbons (Fsp3) is 0.190. The molecule has 3 rings (SSSR count). The molecule has 1 fully saturated rings. The number of likely N-dealkylation sites (tertiary alicyclic amines) is 1. The van der Waals surface area contributed by atoms with Crippen LogP contribution in [-0.4, -0.2) is 45.6 Å². The van der Waals surface area contributed by atoms with Gasteiger partial charge in [-0.3, -0.25) is 24.5 Å². The number of aliphatic hydroxyl groups excluding tert-OH is 1. The number of ketones is 1. The van der Waals surface area contributed by atoms with Gasteiger partial charge >= 0.3 is 0 Å². The molecular formula is C21H19N3O6. The molecule has 1 heterocycles. The van der Waals surface area contributed by atoms with E-state index < -0.39 is 22.7 Å². The number of Topliss-reactive ketones (excluding diaryl/α,β-unsaturated/α-hetero) is 1. The lowest BCUT2D eigenvalue weighted by atomic mass is 9.95. The Hall–Kier alpha value is -4.01. The Bertz CT molecular complexity index is 1030. The molecule has 1 atom stereocenters. The van der Waals surface area contributed by atoms with Crippen molar-refractivity contribution >= 4 is 29.0 Å². The van der Waals surface area contributed by atoms with Crippen molar-refractivity contribution in [3.05, 3.63) is 81.4 Å². The number of hydrogen-bond donors (Lipinski definition) is 2. The molecule has 0 radical (unpaired) electrons. The van der Waals surface area contributed by atoms with Crippen molar-refractivity contribution in [2.24, 2.45) is 0 Å². The fourth-order valence-electron chi connectivity index (χ4n) is 3.34. The summed E-state index contributed by atoms with van der Waals surface area (Å²) in [5, 5.41) is 24.3. The van der Waals surface area contributed by atoms with Gasteiger partial charge in [0, 0.05) is 37.7 Å². The van der Waals surface area contributed by atoms with Gasteiger partial charge in [-0.2, -0.15) is 0 Å². The van der Waals surface area contributed by atoms with E-state index in [4.69, 9.17) is 0 Å². The highest BCUT2D eigenvalue weighted by atomic mass is 16.6. The van der Waals surface area contributed by atoms with E-state index in [9.17, 15) is 29.6 Å². The number of nitrogens with zero attached hydrogens (tertiary/aromatic N) is 2. The third-order valence-corrected chi connectivity index (χ3v) is 4.73. The molecule has 1 saturated heterocycles. The van der Waals surface area contributed by atoms with Crippen LogP contribution < -0.4 is 5.32 Å². The molecule has 30 heavy (non-hydrogen) atoms. The lowest BCUT2D eigenvalue weighted by Gasteiger charge is -2.25. The second-order valence-electron chi connectivity index (χ2n) is 6.69. The number of aliphatic hydroxyl groups is 1. The summed E-state index contributed by atoms with van der Waals surface area (Å²) in [6.45, 7) is 1.46. The predicted molar refractivity (Wildman–Crippen MR) is 107 cm³/mol. The number of benzene rings is 2. The highest BCUT2D eigenvalue weighted by Gasteiger charge is 2.45. The van der Waals surface area contributed by atoms with Gasteiger partial charge in [-0.25, -0.2) is 0 Å². The maximum atomic E-state index is 12.8. The maximum Gasteiger partial charge on any atom is 0.295 e. The Balaban J connectivity index is 2.09. The number of nitro benzene ring substituents is 1. The Kier molecular flexibility index (Phi) is 5.91. The number of hydrogen-bond acceptors (Lipinski definition) is 6. The summed E-state index contributed by atoms with van der Waals surface area (Å²) in [7, 11) is 0. The third kappa shape index (κ3) is 4.04. The molecule has 0 saturated carbocycles. The van der Waals surface area contributed by atoms with Crippen LogP contribution in [0.3, 0.4) is 0 Å². The van der Waals surface area contributed by atoms with E-state index in [-0.39, 0.29) is 36.0 Å². The summed E-state index contributed by atoms with van der Waals surface area (Å²) >= 11 is 0. The molecule has 0 bridgehead atoms. The minimum absolute atomic E-state index is 0.0252. The molecule has 2 aromatic carbocycles. The lowest BCUT2D eigenvalue weighted by Crippen LogP contribution is -2.37. The molecule has 2 amide bonds. The molecule has 9 nitrogen and oxygen atoms in total. The summed E-state index contributed by atoms with van der Waals surface area (Å²) < 4.78 is 0. The minimum Gasteiger partial charge on any atom is -0.507 e. The second-order valence-corrected chi connectivity index (χ2v) is 6.69. The predicted octanol–water partition coefficient (Wildman–Crippen LogP) is 2.15. The standard InChI is InChI=1S/C21H19N3O6/c1-13(25)22-11-12-23-18(14-7-9-16(10-8-14)24(29)30)17(20(27)21(23)28)19(26)15-5-3-2-4-6-15/h2-10,18,26H,11-12H2,1H3,(H,22,25)/b19-17-. The molecular weight excluding hydrogens is 390 g/mol. The van der Waals surface area contributed by atoms with Crippen molar-refractivity contribution in [1.82, 2.24) is 10.2 Å². The average molecular weight is 409 g/mol. The molecule has 1 aliphatic heterocycles. The Morgan fingerprint density at radius 2 is 1.77 bits per heavy atom. The summed E-state index contributed by atoms with van der Waals surface area (Å²) in [5.74, 6) is -2.30. The van der Waals surface area contributed by atoms with Crippen molar-refractivity contribution in [3.8, 4) is 0 Å². The van der Waals surface area contributed by atoms with Crippen LogP contribution in [0.1, 0.15) is 24.1 Å². The number of carbonyl (C=O) groups is 3. The van der Waals surface area contributed by atoms with E-state index >= 15 is 0 Å². The number of non-ortho nitro benzene ring substituents is 1. The quantitative estimate of drug-likeness (QED) is 0.247. The third-order valence-electron chi connectivity index (χ3n) is 4.73. The number of rotatable bonds is 6. The highest BCUT2D eigenvalue weighted by Crippen LogP contribution is 2.39. The molecule has 9 heteroatoms. The van der Waals surface area contributed by atoms with Crippen LogP contribution in [0.4, 0.5) is 5.69 Å². The van der Waals surface area contributed by atoms with Crippen LogP contribution in [-0.2, 0) is 14.4 Å². The van der Waals surface area contributed by atoms with Crippen LogP contribution in [0, 0.1) is 10.1 Å². The summed E-state index contributed by atoms with van der Waals surface area (Å²) in [6.07, 6.45) is 0. The summed E-state index contributed by atoms with van der Waals surface area (Å²) in [4.78, 5) is 48.3. The van der Waals surface area contributed by atoms with Crippen LogP contribution in [0.15, 0.2) is 60.2 Å². The molecule has 2 N–H and O–H groups in total. The largest absolute Gasteiger partial charge is 0.507 e. The number of nitro groups is 1. The van der Waals surface area contributed by atoms with Crippen LogP contribution in [0.5, 0.6) is 0 Å². The van der Waals surface area contributed by atoms with Gasteiger partial charge in [0.25, 0.3) is 17.4 Å². The first-order chi connectivity index (χ1) is 14.3. The zero-order chi connectivity index (χ0) is 21.8. The van der Waals surface area contributed by atoms with Crippen molar-refractivity contribution in [1.29, 1.82) is 0 Å². The minimum atomic E-state index is -0.945. The topological polar surface area (TPSA) is 130 Å². The van der Waals surface area contributed by atoms with Crippen molar-refractivity contribution in [3.63, 3.8) is 0 Å². The van der Waals surface area contributed by atoms with E-state index in [0.29, 0.717) is 11.1 Å². The maximum absolute atomic E-state index is 12.8.